The van der Waals surface area contributed by atoms with Crippen LogP contribution in [0.1, 0.15) is 70.4 Å². The van der Waals surface area contributed by atoms with E-state index in [0.717, 1.165) is 34.5 Å². The van der Waals surface area contributed by atoms with Crippen LogP contribution in [-0.4, -0.2) is 53.7 Å². The molecule has 0 bridgehead atoms. The quantitative estimate of drug-likeness (QED) is 0.0693. The first kappa shape index (κ1) is 33.3. The van der Waals surface area contributed by atoms with Crippen LogP contribution in [0.3, 0.4) is 0 Å². The Morgan fingerprint density at radius 1 is 0.800 bits per heavy atom. The van der Waals surface area contributed by atoms with Crippen molar-refractivity contribution in [1.29, 1.82) is 0 Å². The number of ketones is 1. The Morgan fingerprint density at radius 3 is 1.90 bits per heavy atom. The SMILES string of the molecule is CCC[CH2][Sn]([CH2]CCC)([CH2]CCC)[c]1cc(C=CC(O)=CC(=O)C=Cc2ccc(O)c(OC)c2)cc(OC)c1O. The van der Waals surface area contributed by atoms with Crippen LogP contribution in [0.15, 0.2) is 54.3 Å². The van der Waals surface area contributed by atoms with Gasteiger partial charge < -0.3 is 9.84 Å². The molecule has 0 aliphatic heterocycles. The second-order valence-electron chi connectivity index (χ2n) is 10.3. The molecule has 3 N–H and O–H groups in total. The molecule has 0 amide bonds. The van der Waals surface area contributed by atoms with E-state index >= 15 is 0 Å². The molecule has 7 heteroatoms. The van der Waals surface area contributed by atoms with Crippen molar-refractivity contribution in [3.05, 3.63) is 65.4 Å². The van der Waals surface area contributed by atoms with Crippen LogP contribution in [0.25, 0.3) is 12.2 Å². The number of hydrogen-bond acceptors (Lipinski definition) is 6. The van der Waals surface area contributed by atoms with Gasteiger partial charge in [-0.2, -0.15) is 0 Å². The zero-order valence-electron chi connectivity index (χ0n) is 24.7. The molecule has 2 aromatic carbocycles. The Kier molecular flexibility index (Phi) is 14.2. The minimum absolute atomic E-state index is 0.0186. The third-order valence-corrected chi connectivity index (χ3v) is 22.9. The summed E-state index contributed by atoms with van der Waals surface area (Å²) in [7, 11) is 3.03. The van der Waals surface area contributed by atoms with E-state index in [1.807, 2.05) is 0 Å². The number of allylic oxidation sites excluding steroid dienone is 3. The molecule has 0 radical (unpaired) electrons. The molecule has 0 atom stereocenters. The van der Waals surface area contributed by atoms with Crippen molar-refractivity contribution >= 4 is 39.9 Å². The van der Waals surface area contributed by atoms with E-state index < -0.39 is 18.4 Å². The number of benzene rings is 2. The van der Waals surface area contributed by atoms with Gasteiger partial charge in [0.2, 0.25) is 0 Å². The van der Waals surface area contributed by atoms with Gasteiger partial charge in [-0.3, -0.25) is 0 Å². The third kappa shape index (κ3) is 9.65. The number of carbonyl (C=O) groups excluding carboxylic acids is 1. The number of aliphatic hydroxyl groups excluding tert-OH is 1. The first-order valence-corrected chi connectivity index (χ1v) is 21.8. The fourth-order valence-corrected chi connectivity index (χ4v) is 21.4. The third-order valence-electron chi connectivity index (χ3n) is 7.30. The van der Waals surface area contributed by atoms with Crippen molar-refractivity contribution in [2.75, 3.05) is 14.2 Å². The van der Waals surface area contributed by atoms with Crippen molar-refractivity contribution in [3.8, 4) is 23.0 Å². The summed E-state index contributed by atoms with van der Waals surface area (Å²) < 4.78 is 15.4. The number of unbranched alkanes of at least 4 members (excludes halogenated alkanes) is 3. The zero-order chi connectivity index (χ0) is 29.5. The number of phenols is 2. The van der Waals surface area contributed by atoms with Crippen LogP contribution >= 0.6 is 0 Å². The van der Waals surface area contributed by atoms with E-state index in [2.05, 4.69) is 26.8 Å². The summed E-state index contributed by atoms with van der Waals surface area (Å²) in [6, 6.07) is 8.64. The molecule has 0 saturated heterocycles. The second kappa shape index (κ2) is 17.1. The van der Waals surface area contributed by atoms with Gasteiger partial charge >= 0.3 is 210 Å². The molecule has 0 aliphatic carbocycles. The standard InChI is InChI=1S/C21H19O6.3C4H9.Sn/c1-26-20-11-14(5-9-18(20)24)3-7-16(22)13-17(23)8-4-15-6-10-19(25)21(12-15)27-2;3*1-3-4-2;/h3-9,11-13,23-25H,1-2H3;3*1,3-4H2,2H3;. The zero-order valence-corrected chi connectivity index (χ0v) is 27.6. The molecular formula is C33H46O6Sn. The Hall–Kier alpha value is -2.87. The van der Waals surface area contributed by atoms with Gasteiger partial charge in [0.15, 0.2) is 11.5 Å². The van der Waals surface area contributed by atoms with E-state index in [1.165, 1.54) is 57.9 Å². The summed E-state index contributed by atoms with van der Waals surface area (Å²) in [6.07, 6.45) is 14.2. The van der Waals surface area contributed by atoms with Crippen molar-refractivity contribution in [1.82, 2.24) is 0 Å². The van der Waals surface area contributed by atoms with E-state index in [9.17, 15) is 20.1 Å². The first-order valence-electron chi connectivity index (χ1n) is 14.3. The Bertz CT molecular complexity index is 1180. The van der Waals surface area contributed by atoms with Gasteiger partial charge in [0.25, 0.3) is 0 Å². The number of phenolic OH excluding ortho intramolecular Hbond substituents is 2. The van der Waals surface area contributed by atoms with Crippen LogP contribution < -0.4 is 13.1 Å². The molecule has 40 heavy (non-hydrogen) atoms. The van der Waals surface area contributed by atoms with Crippen molar-refractivity contribution in [2.24, 2.45) is 0 Å². The minimum atomic E-state index is -2.98. The van der Waals surface area contributed by atoms with Crippen molar-refractivity contribution < 1.29 is 29.6 Å². The van der Waals surface area contributed by atoms with Crippen LogP contribution in [0.4, 0.5) is 0 Å². The Morgan fingerprint density at radius 2 is 1.35 bits per heavy atom. The predicted octanol–water partition coefficient (Wildman–Crippen LogP) is 7.91. The molecule has 0 fully saturated rings. The number of aromatic hydroxyl groups is 2. The van der Waals surface area contributed by atoms with Gasteiger partial charge in [0, 0.05) is 0 Å². The monoisotopic (exact) mass is 658 g/mol. The van der Waals surface area contributed by atoms with E-state index in [4.69, 9.17) is 9.47 Å². The first-order chi connectivity index (χ1) is 19.2. The summed E-state index contributed by atoms with van der Waals surface area (Å²) in [5, 5.41) is 31.5. The predicted molar refractivity (Wildman–Crippen MR) is 168 cm³/mol. The van der Waals surface area contributed by atoms with E-state index in [-0.39, 0.29) is 23.0 Å². The fraction of sp³-hybridized carbons (Fsp3) is 0.424. The second-order valence-corrected chi connectivity index (χ2v) is 23.4. The van der Waals surface area contributed by atoms with Gasteiger partial charge in [-0.25, -0.2) is 0 Å². The molecule has 2 aromatic rings. The van der Waals surface area contributed by atoms with E-state index in [0.29, 0.717) is 17.1 Å². The van der Waals surface area contributed by atoms with Crippen molar-refractivity contribution in [2.45, 2.75) is 72.6 Å². The number of carbonyl (C=O) groups is 1. The summed E-state index contributed by atoms with van der Waals surface area (Å²) >= 11 is -2.98. The molecule has 0 unspecified atom stereocenters. The average molecular weight is 657 g/mol. The molecular weight excluding hydrogens is 611 g/mol. The van der Waals surface area contributed by atoms with Crippen LogP contribution in [0, 0.1) is 0 Å². The summed E-state index contributed by atoms with van der Waals surface area (Å²) in [6.45, 7) is 6.68. The molecule has 2 rings (SSSR count). The van der Waals surface area contributed by atoms with Crippen molar-refractivity contribution in [3.63, 3.8) is 0 Å². The number of aliphatic hydroxyl groups is 1. The molecule has 0 saturated carbocycles. The molecule has 218 valence electrons. The molecule has 0 heterocycles. The molecule has 0 aliphatic rings. The molecule has 0 aromatic heterocycles. The summed E-state index contributed by atoms with van der Waals surface area (Å²) in [5.41, 5.74) is 1.51. The Labute approximate surface area is 243 Å². The summed E-state index contributed by atoms with van der Waals surface area (Å²) in [4.78, 5) is 12.4. The van der Waals surface area contributed by atoms with Gasteiger partial charge in [0.05, 0.1) is 7.11 Å². The topological polar surface area (TPSA) is 96.2 Å². The van der Waals surface area contributed by atoms with Gasteiger partial charge in [-0.05, 0) is 6.07 Å². The van der Waals surface area contributed by atoms with Gasteiger partial charge in [-0.15, -0.1) is 0 Å². The van der Waals surface area contributed by atoms with Crippen LogP contribution in [-0.2, 0) is 4.79 Å². The average Bonchev–Trinajstić information content (AvgIpc) is 2.96. The number of rotatable bonds is 17. The fourth-order valence-electron chi connectivity index (χ4n) is 5.01. The van der Waals surface area contributed by atoms with Gasteiger partial charge in [0.1, 0.15) is 0 Å². The number of ether oxygens (including phenoxy) is 2. The molecule has 0 spiro atoms. The Balaban J connectivity index is 2.37. The van der Waals surface area contributed by atoms with Crippen LogP contribution in [0.2, 0.25) is 13.3 Å². The summed E-state index contributed by atoms with van der Waals surface area (Å²) in [5.74, 6) is 0.507. The number of methoxy groups -OCH3 is 2. The maximum absolute atomic E-state index is 12.4. The van der Waals surface area contributed by atoms with E-state index in [1.54, 1.807) is 37.5 Å². The maximum atomic E-state index is 12.4. The van der Waals surface area contributed by atoms with Gasteiger partial charge in [-0.1, -0.05) is 0 Å². The molecule has 6 nitrogen and oxygen atoms in total. The normalized spacial score (nSPS) is 12.4. The number of hydrogen-bond donors (Lipinski definition) is 3. The van der Waals surface area contributed by atoms with Crippen LogP contribution in [0.5, 0.6) is 23.0 Å².